The molecule has 1 amide bonds. The third-order valence-electron chi connectivity index (χ3n) is 1.51. The molecule has 1 N–H and O–H groups in total. The Morgan fingerprint density at radius 1 is 1.36 bits per heavy atom. The number of thiol groups is 1. The molecule has 0 aromatic rings. The van der Waals surface area contributed by atoms with E-state index in [1.165, 1.54) is 0 Å². The minimum absolute atomic E-state index is 0.0417. The lowest BCUT2D eigenvalue weighted by Gasteiger charge is -2.09. The van der Waals surface area contributed by atoms with Gasteiger partial charge in [-0.15, -0.1) is 0 Å². The van der Waals surface area contributed by atoms with Gasteiger partial charge in [-0.05, 0) is 6.92 Å². The normalized spacial score (nSPS) is 12.4. The van der Waals surface area contributed by atoms with Crippen molar-refractivity contribution < 1.29 is 14.3 Å². The van der Waals surface area contributed by atoms with E-state index in [1.807, 2.05) is 0 Å². The van der Waals surface area contributed by atoms with Crippen LogP contribution in [0.5, 0.6) is 0 Å². The van der Waals surface area contributed by atoms with Crippen molar-refractivity contribution in [1.82, 2.24) is 5.32 Å². The Morgan fingerprint density at radius 2 is 1.93 bits per heavy atom. The molecule has 0 aromatic heterocycles. The van der Waals surface area contributed by atoms with Crippen molar-refractivity contribution in [2.24, 2.45) is 5.92 Å². The average molecular weight is 219 g/mol. The zero-order valence-corrected chi connectivity index (χ0v) is 9.64. The summed E-state index contributed by atoms with van der Waals surface area (Å²) in [6.45, 7) is 5.79. The van der Waals surface area contributed by atoms with E-state index < -0.39 is 5.25 Å². The Labute approximate surface area is 89.8 Å². The molecule has 5 heteroatoms. The van der Waals surface area contributed by atoms with Crippen LogP contribution in [0.25, 0.3) is 0 Å². The SMILES string of the molecule is CC(C)C(=O)NCCOC(=O)C(C)S. The van der Waals surface area contributed by atoms with Crippen molar-refractivity contribution in [2.45, 2.75) is 26.0 Å². The number of ether oxygens (including phenoxy) is 1. The van der Waals surface area contributed by atoms with E-state index in [2.05, 4.69) is 17.9 Å². The van der Waals surface area contributed by atoms with Gasteiger partial charge in [0.05, 0.1) is 11.8 Å². The van der Waals surface area contributed by atoms with E-state index >= 15 is 0 Å². The molecule has 0 radical (unpaired) electrons. The first kappa shape index (κ1) is 13.3. The Bertz CT molecular complexity index is 182. The quantitative estimate of drug-likeness (QED) is 0.405. The van der Waals surface area contributed by atoms with E-state index in [0.717, 1.165) is 0 Å². The molecule has 1 atom stereocenters. The van der Waals surface area contributed by atoms with Gasteiger partial charge in [0.15, 0.2) is 0 Å². The summed E-state index contributed by atoms with van der Waals surface area (Å²) in [6.07, 6.45) is 0. The van der Waals surface area contributed by atoms with Crippen LogP contribution in [0.2, 0.25) is 0 Å². The Hall–Kier alpha value is -0.710. The fourth-order valence-corrected chi connectivity index (χ4v) is 0.725. The second kappa shape index (κ2) is 6.70. The van der Waals surface area contributed by atoms with Crippen LogP contribution in [0.15, 0.2) is 0 Å². The van der Waals surface area contributed by atoms with Crippen molar-refractivity contribution >= 4 is 24.5 Å². The minimum atomic E-state index is -0.421. The van der Waals surface area contributed by atoms with Gasteiger partial charge in [-0.3, -0.25) is 9.59 Å². The maximum atomic E-state index is 11.1. The molecule has 0 aliphatic carbocycles. The largest absolute Gasteiger partial charge is 0.463 e. The minimum Gasteiger partial charge on any atom is -0.463 e. The predicted molar refractivity (Wildman–Crippen MR) is 57.3 cm³/mol. The molecule has 0 fully saturated rings. The highest BCUT2D eigenvalue weighted by Gasteiger charge is 2.09. The molecular formula is C9H17NO3S. The number of esters is 1. The lowest BCUT2D eigenvalue weighted by atomic mass is 10.2. The second-order valence-electron chi connectivity index (χ2n) is 3.29. The Kier molecular flexibility index (Phi) is 6.36. The van der Waals surface area contributed by atoms with Crippen LogP contribution in [-0.2, 0) is 14.3 Å². The van der Waals surface area contributed by atoms with E-state index in [4.69, 9.17) is 4.74 Å². The first-order chi connectivity index (χ1) is 6.45. The summed E-state index contributed by atoms with van der Waals surface area (Å²) < 4.78 is 4.80. The molecule has 82 valence electrons. The number of hydrogen-bond acceptors (Lipinski definition) is 4. The van der Waals surface area contributed by atoms with Gasteiger partial charge in [-0.25, -0.2) is 0 Å². The maximum Gasteiger partial charge on any atom is 0.318 e. The number of hydrogen-bond donors (Lipinski definition) is 2. The molecule has 4 nitrogen and oxygen atoms in total. The molecular weight excluding hydrogens is 202 g/mol. The first-order valence-corrected chi connectivity index (χ1v) is 5.09. The van der Waals surface area contributed by atoms with E-state index in [0.29, 0.717) is 6.54 Å². The average Bonchev–Trinajstić information content (AvgIpc) is 2.11. The number of carbonyl (C=O) groups is 2. The Morgan fingerprint density at radius 3 is 2.36 bits per heavy atom. The highest BCUT2D eigenvalue weighted by molar-refractivity contribution is 7.81. The van der Waals surface area contributed by atoms with Crippen LogP contribution in [0, 0.1) is 5.92 Å². The van der Waals surface area contributed by atoms with Crippen LogP contribution in [0.3, 0.4) is 0 Å². The molecule has 0 saturated carbocycles. The summed E-state index contributed by atoms with van der Waals surface area (Å²) in [7, 11) is 0. The number of rotatable bonds is 5. The monoisotopic (exact) mass is 219 g/mol. The van der Waals surface area contributed by atoms with Gasteiger partial charge in [0.25, 0.3) is 0 Å². The summed E-state index contributed by atoms with van der Waals surface area (Å²) >= 11 is 3.91. The molecule has 0 saturated heterocycles. The van der Waals surface area contributed by atoms with Crippen LogP contribution >= 0.6 is 12.6 Å². The van der Waals surface area contributed by atoms with Crippen molar-refractivity contribution in [3.63, 3.8) is 0 Å². The van der Waals surface area contributed by atoms with Crippen LogP contribution in [0.4, 0.5) is 0 Å². The van der Waals surface area contributed by atoms with Crippen molar-refractivity contribution in [2.75, 3.05) is 13.2 Å². The van der Waals surface area contributed by atoms with Gasteiger partial charge >= 0.3 is 5.97 Å². The fraction of sp³-hybridized carbons (Fsp3) is 0.778. The molecule has 0 aliphatic rings. The molecule has 0 spiro atoms. The van der Waals surface area contributed by atoms with Gasteiger partial charge in [-0.1, -0.05) is 13.8 Å². The van der Waals surface area contributed by atoms with Crippen molar-refractivity contribution in [3.8, 4) is 0 Å². The predicted octanol–water partition coefficient (Wildman–Crippen LogP) is 0.620. The molecule has 0 heterocycles. The summed E-state index contributed by atoms with van der Waals surface area (Å²) in [6, 6.07) is 0. The number of nitrogens with one attached hydrogen (secondary N) is 1. The number of amides is 1. The van der Waals surface area contributed by atoms with Crippen LogP contribution < -0.4 is 5.32 Å². The highest BCUT2D eigenvalue weighted by Crippen LogP contribution is 1.95. The second-order valence-corrected chi connectivity index (χ2v) is 4.06. The van der Waals surface area contributed by atoms with Gasteiger partial charge in [0.2, 0.25) is 5.91 Å². The van der Waals surface area contributed by atoms with E-state index in [-0.39, 0.29) is 24.4 Å². The molecule has 14 heavy (non-hydrogen) atoms. The first-order valence-electron chi connectivity index (χ1n) is 4.57. The van der Waals surface area contributed by atoms with E-state index in [9.17, 15) is 9.59 Å². The van der Waals surface area contributed by atoms with Gasteiger partial charge in [0.1, 0.15) is 6.61 Å². The van der Waals surface area contributed by atoms with Gasteiger partial charge in [0, 0.05) is 5.92 Å². The topological polar surface area (TPSA) is 55.4 Å². The summed E-state index contributed by atoms with van der Waals surface area (Å²) in [5, 5.41) is 2.21. The third kappa shape index (κ3) is 5.85. The lowest BCUT2D eigenvalue weighted by Crippen LogP contribution is -2.31. The smallest absolute Gasteiger partial charge is 0.318 e. The molecule has 0 aromatic carbocycles. The third-order valence-corrected chi connectivity index (χ3v) is 1.72. The molecule has 0 aliphatic heterocycles. The van der Waals surface area contributed by atoms with Crippen LogP contribution in [0.1, 0.15) is 20.8 Å². The fourth-order valence-electron chi connectivity index (χ4n) is 0.651. The summed E-state index contributed by atoms with van der Waals surface area (Å²) in [5.74, 6) is -0.457. The molecule has 1 unspecified atom stereocenters. The van der Waals surface area contributed by atoms with Crippen molar-refractivity contribution in [3.05, 3.63) is 0 Å². The molecule has 0 rings (SSSR count). The zero-order valence-electron chi connectivity index (χ0n) is 8.74. The molecule has 0 bridgehead atoms. The summed E-state index contributed by atoms with van der Waals surface area (Å²) in [5.41, 5.74) is 0. The lowest BCUT2D eigenvalue weighted by molar-refractivity contribution is -0.143. The highest BCUT2D eigenvalue weighted by atomic mass is 32.1. The van der Waals surface area contributed by atoms with Gasteiger partial charge < -0.3 is 10.1 Å². The van der Waals surface area contributed by atoms with Crippen LogP contribution in [-0.4, -0.2) is 30.3 Å². The standard InChI is InChI=1S/C9H17NO3S/c1-6(2)8(11)10-4-5-13-9(12)7(3)14/h6-7,14H,4-5H2,1-3H3,(H,10,11). The van der Waals surface area contributed by atoms with Crippen molar-refractivity contribution in [1.29, 1.82) is 0 Å². The van der Waals surface area contributed by atoms with E-state index in [1.54, 1.807) is 20.8 Å². The van der Waals surface area contributed by atoms with Gasteiger partial charge in [-0.2, -0.15) is 12.6 Å². The zero-order chi connectivity index (χ0) is 11.1. The Balaban J connectivity index is 3.48. The summed E-state index contributed by atoms with van der Waals surface area (Å²) in [4.78, 5) is 22.0. The number of carbonyl (C=O) groups excluding carboxylic acids is 2. The maximum absolute atomic E-state index is 11.1.